The summed E-state index contributed by atoms with van der Waals surface area (Å²) in [5.41, 5.74) is 1.44. The number of hydrogen-bond donors (Lipinski definition) is 0. The van der Waals surface area contributed by atoms with Gasteiger partial charge >= 0.3 is 0 Å². The Morgan fingerprint density at radius 2 is 1.54 bits per heavy atom. The SMILES string of the molecule is Cc1ccc(S(=O)(=O)N(C)CC(=O)N(C)c2ccc(F)cc2)cc1. The van der Waals surface area contributed by atoms with Crippen LogP contribution in [0.15, 0.2) is 53.4 Å². The van der Waals surface area contributed by atoms with Crippen LogP contribution >= 0.6 is 0 Å². The number of hydrogen-bond acceptors (Lipinski definition) is 3. The van der Waals surface area contributed by atoms with Crippen LogP contribution in [0.25, 0.3) is 0 Å². The number of halogens is 1. The molecule has 0 unspecified atom stereocenters. The fraction of sp³-hybridized carbons (Fsp3) is 0.235. The van der Waals surface area contributed by atoms with Crippen molar-refractivity contribution in [2.75, 3.05) is 25.5 Å². The zero-order valence-electron chi connectivity index (χ0n) is 13.7. The molecule has 0 N–H and O–H groups in total. The van der Waals surface area contributed by atoms with E-state index in [0.717, 1.165) is 9.87 Å². The lowest BCUT2D eigenvalue weighted by Gasteiger charge is -2.22. The maximum absolute atomic E-state index is 12.9. The lowest BCUT2D eigenvalue weighted by atomic mass is 10.2. The van der Waals surface area contributed by atoms with Crippen molar-refractivity contribution < 1.29 is 17.6 Å². The van der Waals surface area contributed by atoms with Crippen LogP contribution in [0.1, 0.15) is 5.56 Å². The van der Waals surface area contributed by atoms with E-state index in [9.17, 15) is 17.6 Å². The molecule has 0 atom stereocenters. The maximum atomic E-state index is 12.9. The van der Waals surface area contributed by atoms with Gasteiger partial charge in [0.05, 0.1) is 11.4 Å². The third-order valence-electron chi connectivity index (χ3n) is 3.68. The van der Waals surface area contributed by atoms with Gasteiger partial charge in [-0.05, 0) is 43.3 Å². The molecule has 0 aliphatic heterocycles. The van der Waals surface area contributed by atoms with Crippen molar-refractivity contribution in [3.05, 3.63) is 59.9 Å². The summed E-state index contributed by atoms with van der Waals surface area (Å²) in [4.78, 5) is 13.7. The average Bonchev–Trinajstić information content (AvgIpc) is 2.55. The van der Waals surface area contributed by atoms with Crippen LogP contribution in [0.4, 0.5) is 10.1 Å². The van der Waals surface area contributed by atoms with Crippen LogP contribution < -0.4 is 4.90 Å². The van der Waals surface area contributed by atoms with Crippen LogP contribution in [0, 0.1) is 12.7 Å². The van der Waals surface area contributed by atoms with Gasteiger partial charge in [0.2, 0.25) is 15.9 Å². The molecule has 0 aliphatic rings. The first kappa shape index (κ1) is 18.1. The number of rotatable bonds is 5. The fourth-order valence-electron chi connectivity index (χ4n) is 2.08. The number of benzene rings is 2. The molecule has 0 aliphatic carbocycles. The van der Waals surface area contributed by atoms with E-state index in [1.807, 2.05) is 6.92 Å². The monoisotopic (exact) mass is 350 g/mol. The molecule has 1 amide bonds. The van der Waals surface area contributed by atoms with Crippen LogP contribution in [0.5, 0.6) is 0 Å². The van der Waals surface area contributed by atoms with E-state index in [1.165, 1.54) is 55.4 Å². The molecule has 0 fully saturated rings. The Morgan fingerprint density at radius 3 is 2.08 bits per heavy atom. The summed E-state index contributed by atoms with van der Waals surface area (Å²) >= 11 is 0. The van der Waals surface area contributed by atoms with E-state index in [2.05, 4.69) is 0 Å². The normalized spacial score (nSPS) is 11.5. The number of sulfonamides is 1. The molecule has 5 nitrogen and oxygen atoms in total. The van der Waals surface area contributed by atoms with Gasteiger partial charge in [-0.25, -0.2) is 12.8 Å². The van der Waals surface area contributed by atoms with E-state index < -0.39 is 21.7 Å². The predicted octanol–water partition coefficient (Wildman–Crippen LogP) is 2.42. The van der Waals surface area contributed by atoms with Crippen molar-refractivity contribution in [2.24, 2.45) is 0 Å². The summed E-state index contributed by atoms with van der Waals surface area (Å²) in [6, 6.07) is 11.8. The molecule has 0 bridgehead atoms. The van der Waals surface area contributed by atoms with Crippen molar-refractivity contribution in [3.63, 3.8) is 0 Å². The summed E-state index contributed by atoms with van der Waals surface area (Å²) in [7, 11) is -0.879. The zero-order chi connectivity index (χ0) is 17.9. The number of carbonyl (C=O) groups is 1. The summed E-state index contributed by atoms with van der Waals surface area (Å²) in [5, 5.41) is 0. The molecule has 0 aromatic heterocycles. The van der Waals surface area contributed by atoms with Crippen molar-refractivity contribution in [2.45, 2.75) is 11.8 Å². The molecule has 0 spiro atoms. The zero-order valence-corrected chi connectivity index (χ0v) is 14.5. The molecule has 2 aromatic rings. The molecule has 2 aromatic carbocycles. The lowest BCUT2D eigenvalue weighted by Crippen LogP contribution is -2.39. The third kappa shape index (κ3) is 3.98. The Balaban J connectivity index is 2.12. The topological polar surface area (TPSA) is 57.7 Å². The van der Waals surface area contributed by atoms with E-state index in [0.29, 0.717) is 5.69 Å². The number of carbonyl (C=O) groups excluding carboxylic acids is 1. The highest BCUT2D eigenvalue weighted by Gasteiger charge is 2.24. The van der Waals surface area contributed by atoms with Gasteiger partial charge in [-0.2, -0.15) is 4.31 Å². The van der Waals surface area contributed by atoms with E-state index in [4.69, 9.17) is 0 Å². The first-order chi connectivity index (χ1) is 11.2. The van der Waals surface area contributed by atoms with Crippen LogP contribution in [0.3, 0.4) is 0 Å². The van der Waals surface area contributed by atoms with Crippen molar-refractivity contribution >= 4 is 21.6 Å². The second-order valence-electron chi connectivity index (χ2n) is 5.50. The van der Waals surface area contributed by atoms with Crippen molar-refractivity contribution in [3.8, 4) is 0 Å². The summed E-state index contributed by atoms with van der Waals surface area (Å²) < 4.78 is 38.9. The summed E-state index contributed by atoms with van der Waals surface area (Å²) in [6.07, 6.45) is 0. The van der Waals surface area contributed by atoms with Crippen LogP contribution in [0.2, 0.25) is 0 Å². The number of amides is 1. The number of nitrogens with zero attached hydrogens (tertiary/aromatic N) is 2. The van der Waals surface area contributed by atoms with Gasteiger partial charge in [0.25, 0.3) is 0 Å². The molecular formula is C17H19FN2O3S. The first-order valence-electron chi connectivity index (χ1n) is 7.27. The molecule has 2 rings (SSSR count). The first-order valence-corrected chi connectivity index (χ1v) is 8.71. The molecule has 0 heterocycles. The summed E-state index contributed by atoms with van der Waals surface area (Å²) in [6.45, 7) is 1.55. The third-order valence-corrected chi connectivity index (χ3v) is 5.49. The maximum Gasteiger partial charge on any atom is 0.243 e. The smallest absolute Gasteiger partial charge is 0.243 e. The molecule has 0 saturated heterocycles. The Kier molecular flexibility index (Phi) is 5.36. The van der Waals surface area contributed by atoms with Gasteiger partial charge in [0, 0.05) is 19.8 Å². The molecular weight excluding hydrogens is 331 g/mol. The standard InChI is InChI=1S/C17H19FN2O3S/c1-13-4-10-16(11-5-13)24(22,23)19(2)12-17(21)20(3)15-8-6-14(18)7-9-15/h4-11H,12H2,1-3H3. The minimum Gasteiger partial charge on any atom is -0.314 e. The average molecular weight is 350 g/mol. The van der Waals surface area contributed by atoms with Crippen LogP contribution in [-0.4, -0.2) is 39.3 Å². The predicted molar refractivity (Wildman–Crippen MR) is 90.8 cm³/mol. The van der Waals surface area contributed by atoms with Gasteiger partial charge < -0.3 is 4.90 Å². The highest BCUT2D eigenvalue weighted by atomic mass is 32.2. The number of likely N-dealkylation sites (N-methyl/N-ethyl adjacent to an activating group) is 2. The highest BCUT2D eigenvalue weighted by molar-refractivity contribution is 7.89. The second kappa shape index (κ2) is 7.11. The Bertz CT molecular complexity index is 818. The second-order valence-corrected chi connectivity index (χ2v) is 7.55. The van der Waals surface area contributed by atoms with Gasteiger partial charge in [-0.3, -0.25) is 4.79 Å². The van der Waals surface area contributed by atoms with Crippen LogP contribution in [-0.2, 0) is 14.8 Å². The number of aryl methyl sites for hydroxylation is 1. The van der Waals surface area contributed by atoms with Gasteiger partial charge in [-0.15, -0.1) is 0 Å². The number of anilines is 1. The molecule has 0 radical (unpaired) electrons. The van der Waals surface area contributed by atoms with E-state index in [-0.39, 0.29) is 11.4 Å². The molecule has 7 heteroatoms. The minimum absolute atomic E-state index is 0.132. The van der Waals surface area contributed by atoms with E-state index in [1.54, 1.807) is 12.1 Å². The highest BCUT2D eigenvalue weighted by Crippen LogP contribution is 2.17. The largest absolute Gasteiger partial charge is 0.314 e. The van der Waals surface area contributed by atoms with Gasteiger partial charge in [0.15, 0.2) is 0 Å². The quantitative estimate of drug-likeness (QED) is 0.832. The van der Waals surface area contributed by atoms with Crippen molar-refractivity contribution in [1.29, 1.82) is 0 Å². The van der Waals surface area contributed by atoms with Crippen molar-refractivity contribution in [1.82, 2.24) is 4.31 Å². The van der Waals surface area contributed by atoms with E-state index >= 15 is 0 Å². The fourth-order valence-corrected chi connectivity index (χ4v) is 3.20. The van der Waals surface area contributed by atoms with Gasteiger partial charge in [0.1, 0.15) is 5.82 Å². The summed E-state index contributed by atoms with van der Waals surface area (Å²) in [5.74, 6) is -0.821. The Morgan fingerprint density at radius 1 is 1.00 bits per heavy atom. The molecule has 24 heavy (non-hydrogen) atoms. The molecule has 0 saturated carbocycles. The minimum atomic E-state index is -3.75. The molecule has 128 valence electrons. The lowest BCUT2D eigenvalue weighted by molar-refractivity contribution is -0.118. The Hall–Kier alpha value is -2.25. The van der Waals surface area contributed by atoms with Gasteiger partial charge in [-0.1, -0.05) is 17.7 Å². The Labute approximate surface area is 141 Å².